The molecule has 0 bridgehead atoms. The van der Waals surface area contributed by atoms with Crippen molar-refractivity contribution in [1.82, 2.24) is 10.3 Å². The number of pyridine rings is 1. The van der Waals surface area contributed by atoms with Crippen molar-refractivity contribution in [2.45, 2.75) is 13.1 Å². The highest BCUT2D eigenvalue weighted by molar-refractivity contribution is 7.07. The fourth-order valence-corrected chi connectivity index (χ4v) is 1.92. The van der Waals surface area contributed by atoms with Crippen LogP contribution in [0.2, 0.25) is 0 Å². The Morgan fingerprint density at radius 1 is 1.20 bits per heavy atom. The quantitative estimate of drug-likeness (QED) is 0.889. The van der Waals surface area contributed by atoms with Crippen LogP contribution in [0.15, 0.2) is 41.4 Å². The van der Waals surface area contributed by atoms with Gasteiger partial charge in [-0.3, -0.25) is 4.98 Å². The van der Waals surface area contributed by atoms with E-state index in [1.807, 2.05) is 12.3 Å². The summed E-state index contributed by atoms with van der Waals surface area (Å²) < 4.78 is 0. The number of hydrogen-bond acceptors (Lipinski definition) is 3. The maximum atomic E-state index is 4.06. The van der Waals surface area contributed by atoms with Gasteiger partial charge in [-0.25, -0.2) is 0 Å². The van der Waals surface area contributed by atoms with E-state index < -0.39 is 0 Å². The van der Waals surface area contributed by atoms with Crippen LogP contribution < -0.4 is 5.32 Å². The van der Waals surface area contributed by atoms with E-state index in [4.69, 9.17) is 0 Å². The number of halogens is 1. The molecule has 1 N–H and O–H groups in total. The summed E-state index contributed by atoms with van der Waals surface area (Å²) >= 11 is 1.73. The molecule has 0 amide bonds. The fourth-order valence-electron chi connectivity index (χ4n) is 1.25. The molecule has 0 saturated carbocycles. The molecule has 4 heteroatoms. The van der Waals surface area contributed by atoms with Crippen molar-refractivity contribution in [1.29, 1.82) is 0 Å². The minimum Gasteiger partial charge on any atom is -0.309 e. The molecular formula is C11H13ClN2S. The van der Waals surface area contributed by atoms with E-state index in [0.717, 1.165) is 13.1 Å². The second-order valence-corrected chi connectivity index (χ2v) is 3.88. The number of nitrogens with zero attached hydrogens (tertiary/aromatic N) is 1. The summed E-state index contributed by atoms with van der Waals surface area (Å²) in [5.74, 6) is 0. The maximum Gasteiger partial charge on any atom is 0.0312 e. The highest BCUT2D eigenvalue weighted by atomic mass is 35.5. The first-order chi connectivity index (χ1) is 6.95. The number of nitrogens with one attached hydrogen (secondary N) is 1. The fraction of sp³-hybridized carbons (Fsp3) is 0.182. The van der Waals surface area contributed by atoms with Gasteiger partial charge in [0, 0.05) is 25.5 Å². The smallest absolute Gasteiger partial charge is 0.0312 e. The molecule has 15 heavy (non-hydrogen) atoms. The highest BCUT2D eigenvalue weighted by Crippen LogP contribution is 2.05. The van der Waals surface area contributed by atoms with E-state index in [-0.39, 0.29) is 12.4 Å². The zero-order valence-corrected chi connectivity index (χ0v) is 9.85. The average molecular weight is 241 g/mol. The van der Waals surface area contributed by atoms with Gasteiger partial charge >= 0.3 is 0 Å². The summed E-state index contributed by atoms with van der Waals surface area (Å²) in [4.78, 5) is 4.06. The molecule has 2 aromatic rings. The van der Waals surface area contributed by atoms with Crippen molar-refractivity contribution < 1.29 is 0 Å². The Kier molecular flexibility index (Phi) is 5.32. The molecule has 80 valence electrons. The Balaban J connectivity index is 0.00000112. The van der Waals surface area contributed by atoms with Crippen molar-refractivity contribution >= 4 is 23.7 Å². The van der Waals surface area contributed by atoms with Gasteiger partial charge in [-0.2, -0.15) is 11.3 Å². The Morgan fingerprint density at radius 2 is 2.07 bits per heavy atom. The normalized spacial score (nSPS) is 9.60. The third-order valence-electron chi connectivity index (χ3n) is 1.96. The molecule has 2 rings (SSSR count). The molecule has 0 aromatic carbocycles. The van der Waals surface area contributed by atoms with Crippen molar-refractivity contribution in [3.05, 3.63) is 52.5 Å². The molecule has 2 aromatic heterocycles. The first-order valence-electron chi connectivity index (χ1n) is 4.56. The van der Waals surface area contributed by atoms with Crippen molar-refractivity contribution in [3.8, 4) is 0 Å². The molecule has 2 heterocycles. The molecule has 0 atom stereocenters. The van der Waals surface area contributed by atoms with Crippen LogP contribution in [0.4, 0.5) is 0 Å². The predicted octanol–water partition coefficient (Wildman–Crippen LogP) is 2.85. The second-order valence-electron chi connectivity index (χ2n) is 3.10. The van der Waals surface area contributed by atoms with E-state index >= 15 is 0 Å². The van der Waals surface area contributed by atoms with Crippen LogP contribution in [-0.2, 0) is 13.1 Å². The lowest BCUT2D eigenvalue weighted by Crippen LogP contribution is -2.11. The summed E-state index contributed by atoms with van der Waals surface area (Å²) in [6.07, 6.45) is 3.68. The predicted molar refractivity (Wildman–Crippen MR) is 66.3 cm³/mol. The largest absolute Gasteiger partial charge is 0.309 e. The van der Waals surface area contributed by atoms with Gasteiger partial charge in [-0.15, -0.1) is 12.4 Å². The maximum absolute atomic E-state index is 4.06. The van der Waals surface area contributed by atoms with E-state index in [9.17, 15) is 0 Å². The lowest BCUT2D eigenvalue weighted by molar-refractivity contribution is 0.693. The van der Waals surface area contributed by atoms with E-state index in [1.54, 1.807) is 17.5 Å². The van der Waals surface area contributed by atoms with Crippen LogP contribution in [0.3, 0.4) is 0 Å². The van der Waals surface area contributed by atoms with Crippen LogP contribution in [-0.4, -0.2) is 4.98 Å². The van der Waals surface area contributed by atoms with E-state index in [2.05, 4.69) is 33.2 Å². The van der Waals surface area contributed by atoms with Crippen LogP contribution in [0.1, 0.15) is 11.1 Å². The van der Waals surface area contributed by atoms with Gasteiger partial charge in [-0.1, -0.05) is 6.07 Å². The Morgan fingerprint density at radius 3 is 2.73 bits per heavy atom. The molecule has 0 unspecified atom stereocenters. The van der Waals surface area contributed by atoms with Crippen molar-refractivity contribution in [2.24, 2.45) is 0 Å². The van der Waals surface area contributed by atoms with Crippen LogP contribution in [0, 0.1) is 0 Å². The van der Waals surface area contributed by atoms with Crippen LogP contribution in [0.25, 0.3) is 0 Å². The van der Waals surface area contributed by atoms with Crippen molar-refractivity contribution in [3.63, 3.8) is 0 Å². The Bertz CT molecular complexity index is 361. The summed E-state index contributed by atoms with van der Waals surface area (Å²) in [5.41, 5.74) is 2.57. The molecule has 0 radical (unpaired) electrons. The van der Waals surface area contributed by atoms with Crippen molar-refractivity contribution in [2.75, 3.05) is 0 Å². The minimum absolute atomic E-state index is 0. The van der Waals surface area contributed by atoms with Crippen LogP contribution in [0.5, 0.6) is 0 Å². The summed E-state index contributed by atoms with van der Waals surface area (Å²) in [7, 11) is 0. The zero-order valence-electron chi connectivity index (χ0n) is 8.22. The number of rotatable bonds is 4. The molecule has 2 nitrogen and oxygen atoms in total. The lowest BCUT2D eigenvalue weighted by atomic mass is 10.3. The van der Waals surface area contributed by atoms with Gasteiger partial charge in [0.1, 0.15) is 0 Å². The minimum atomic E-state index is 0. The van der Waals surface area contributed by atoms with E-state index in [1.165, 1.54) is 11.1 Å². The van der Waals surface area contributed by atoms with Gasteiger partial charge in [0.05, 0.1) is 0 Å². The third-order valence-corrected chi connectivity index (χ3v) is 2.69. The standard InChI is InChI=1S/C11H12N2S.ClH/c1-2-10(6-12-4-1)7-13-8-11-3-5-14-9-11;/h1-6,9,13H,7-8H2;1H. The highest BCUT2D eigenvalue weighted by Gasteiger charge is 1.93. The monoisotopic (exact) mass is 240 g/mol. The van der Waals surface area contributed by atoms with Crippen LogP contribution >= 0.6 is 23.7 Å². The molecule has 0 spiro atoms. The molecule has 0 saturated heterocycles. The van der Waals surface area contributed by atoms with Gasteiger partial charge in [-0.05, 0) is 34.0 Å². The first kappa shape index (κ1) is 12.2. The molecule has 0 fully saturated rings. The summed E-state index contributed by atoms with van der Waals surface area (Å²) in [6, 6.07) is 6.18. The average Bonchev–Trinajstić information content (AvgIpc) is 2.72. The van der Waals surface area contributed by atoms with Gasteiger partial charge < -0.3 is 5.32 Å². The molecule has 0 aliphatic heterocycles. The topological polar surface area (TPSA) is 24.9 Å². The van der Waals surface area contributed by atoms with Gasteiger partial charge in [0.25, 0.3) is 0 Å². The summed E-state index contributed by atoms with van der Waals surface area (Å²) in [5, 5.41) is 7.63. The first-order valence-corrected chi connectivity index (χ1v) is 5.50. The molecule has 0 aliphatic rings. The number of aromatic nitrogens is 1. The number of thiophene rings is 1. The Hall–Kier alpha value is -0.900. The van der Waals surface area contributed by atoms with Gasteiger partial charge in [0.15, 0.2) is 0 Å². The molecule has 0 aliphatic carbocycles. The SMILES string of the molecule is Cl.c1cncc(CNCc2ccsc2)c1. The zero-order chi connectivity index (χ0) is 9.64. The van der Waals surface area contributed by atoms with E-state index in [0.29, 0.717) is 0 Å². The second kappa shape index (κ2) is 6.56. The molecular weight excluding hydrogens is 228 g/mol. The van der Waals surface area contributed by atoms with Gasteiger partial charge in [0.2, 0.25) is 0 Å². The summed E-state index contributed by atoms with van der Waals surface area (Å²) in [6.45, 7) is 1.81. The third kappa shape index (κ3) is 4.00. The Labute approximate surface area is 99.8 Å². The number of hydrogen-bond donors (Lipinski definition) is 1. The lowest BCUT2D eigenvalue weighted by Gasteiger charge is -2.02.